The number of carbonyl (C=O) groups is 1. The van der Waals surface area contributed by atoms with Crippen LogP contribution in [0.1, 0.15) is 25.0 Å². The zero-order valence-corrected chi connectivity index (χ0v) is 19.9. The van der Waals surface area contributed by atoms with E-state index in [4.69, 9.17) is 13.9 Å². The molecule has 1 aromatic heterocycles. The lowest BCUT2D eigenvalue weighted by Crippen LogP contribution is -2.10. The summed E-state index contributed by atoms with van der Waals surface area (Å²) >= 11 is 0. The van der Waals surface area contributed by atoms with Crippen molar-refractivity contribution in [2.24, 2.45) is 0 Å². The average molecular weight is 495 g/mol. The normalized spacial score (nSPS) is 12.0. The summed E-state index contributed by atoms with van der Waals surface area (Å²) in [6.45, 7) is 4.03. The second-order valence-corrected chi connectivity index (χ2v) is 8.05. The summed E-state index contributed by atoms with van der Waals surface area (Å²) in [5.41, 5.74) is 3.17. The largest absolute Gasteiger partial charge is 0.497 e. The van der Waals surface area contributed by atoms with E-state index in [-0.39, 0.29) is 5.69 Å². The first-order valence-electron chi connectivity index (χ1n) is 11.2. The number of hydrogen-bond acceptors (Lipinski definition) is 4. The Balaban J connectivity index is 1.67. The minimum atomic E-state index is -4.44. The van der Waals surface area contributed by atoms with Gasteiger partial charge < -0.3 is 19.2 Å². The second-order valence-electron chi connectivity index (χ2n) is 8.05. The maximum Gasteiger partial charge on any atom is 0.416 e. The molecule has 36 heavy (non-hydrogen) atoms. The first-order chi connectivity index (χ1) is 17.2. The molecule has 0 radical (unpaired) electrons. The molecule has 0 saturated heterocycles. The number of hydrogen-bond donors (Lipinski definition) is 1. The van der Waals surface area contributed by atoms with E-state index in [0.29, 0.717) is 34.8 Å². The number of anilines is 1. The number of fused-ring (bicyclic) bond motifs is 1. The minimum absolute atomic E-state index is 0.257. The molecule has 5 nitrogen and oxygen atoms in total. The monoisotopic (exact) mass is 495 g/mol. The third-order valence-electron chi connectivity index (χ3n) is 5.61. The third-order valence-corrected chi connectivity index (χ3v) is 5.61. The van der Waals surface area contributed by atoms with Crippen LogP contribution in [0.5, 0.6) is 11.5 Å². The number of allylic oxidation sites excluding steroid dienone is 1. The molecule has 1 amide bonds. The molecule has 0 aliphatic carbocycles. The molecule has 0 aliphatic rings. The van der Waals surface area contributed by atoms with Crippen molar-refractivity contribution in [3.05, 3.63) is 84.1 Å². The first kappa shape index (κ1) is 24.9. The number of ether oxygens (including phenoxy) is 2. The van der Waals surface area contributed by atoms with E-state index < -0.39 is 17.6 Å². The average Bonchev–Trinajstić information content (AvgIpc) is 3.26. The SMILES string of the molecule is CCOc1cc2occ(-c3cccc(OC)c3)c2cc1/C(C)=C/C(=O)Nc1ccc(C(F)(F)F)cc1. The highest BCUT2D eigenvalue weighted by atomic mass is 19.4. The topological polar surface area (TPSA) is 60.7 Å². The summed E-state index contributed by atoms with van der Waals surface area (Å²) in [4.78, 5) is 12.6. The molecule has 8 heteroatoms. The number of benzene rings is 3. The van der Waals surface area contributed by atoms with Gasteiger partial charge in [-0.1, -0.05) is 12.1 Å². The zero-order valence-electron chi connectivity index (χ0n) is 19.9. The molecule has 186 valence electrons. The van der Waals surface area contributed by atoms with Gasteiger partial charge in [-0.2, -0.15) is 13.2 Å². The van der Waals surface area contributed by atoms with Gasteiger partial charge in [0, 0.05) is 34.3 Å². The van der Waals surface area contributed by atoms with E-state index in [2.05, 4.69) is 5.32 Å². The maximum atomic E-state index is 12.8. The molecule has 0 fully saturated rings. The van der Waals surface area contributed by atoms with Gasteiger partial charge in [0.2, 0.25) is 5.91 Å². The Bertz CT molecular complexity index is 1420. The van der Waals surface area contributed by atoms with E-state index in [0.717, 1.165) is 28.6 Å². The Hall–Kier alpha value is -4.20. The first-order valence-corrected chi connectivity index (χ1v) is 11.2. The van der Waals surface area contributed by atoms with Crippen LogP contribution in [0.25, 0.3) is 27.7 Å². The molecule has 0 spiro atoms. The molecular formula is C28H24F3NO4. The lowest BCUT2D eigenvalue weighted by Gasteiger charge is -2.12. The Morgan fingerprint density at radius 1 is 1.08 bits per heavy atom. The minimum Gasteiger partial charge on any atom is -0.497 e. The smallest absolute Gasteiger partial charge is 0.416 e. The van der Waals surface area contributed by atoms with Crippen molar-refractivity contribution >= 4 is 28.1 Å². The number of carbonyl (C=O) groups excluding carboxylic acids is 1. The Morgan fingerprint density at radius 3 is 2.50 bits per heavy atom. The van der Waals surface area contributed by atoms with Crippen LogP contribution >= 0.6 is 0 Å². The molecule has 0 unspecified atom stereocenters. The molecular weight excluding hydrogens is 471 g/mol. The van der Waals surface area contributed by atoms with Crippen molar-refractivity contribution < 1.29 is 31.9 Å². The van der Waals surface area contributed by atoms with Crippen LogP contribution in [0.3, 0.4) is 0 Å². The van der Waals surface area contributed by atoms with Crippen LogP contribution in [-0.4, -0.2) is 19.6 Å². The summed E-state index contributed by atoms with van der Waals surface area (Å²) in [7, 11) is 1.60. The van der Waals surface area contributed by atoms with Gasteiger partial charge >= 0.3 is 6.18 Å². The van der Waals surface area contributed by atoms with E-state index in [1.807, 2.05) is 37.3 Å². The fraction of sp³-hybridized carbons (Fsp3) is 0.179. The van der Waals surface area contributed by atoms with Gasteiger partial charge in [-0.05, 0) is 67.4 Å². The Labute approximate surface area is 206 Å². The van der Waals surface area contributed by atoms with E-state index in [1.54, 1.807) is 26.4 Å². The van der Waals surface area contributed by atoms with Gasteiger partial charge in [-0.15, -0.1) is 0 Å². The van der Waals surface area contributed by atoms with Crippen LogP contribution in [-0.2, 0) is 11.0 Å². The summed E-state index contributed by atoms with van der Waals surface area (Å²) in [6.07, 6.45) is -1.40. The van der Waals surface area contributed by atoms with Gasteiger partial charge in [0.05, 0.1) is 25.5 Å². The predicted molar refractivity (Wildman–Crippen MR) is 133 cm³/mol. The lowest BCUT2D eigenvalue weighted by molar-refractivity contribution is -0.137. The molecule has 0 atom stereocenters. The molecule has 4 aromatic rings. The predicted octanol–water partition coefficient (Wildman–Crippen LogP) is 7.57. The fourth-order valence-corrected chi connectivity index (χ4v) is 3.85. The summed E-state index contributed by atoms with van der Waals surface area (Å²) in [5.74, 6) is 0.784. The molecule has 1 heterocycles. The van der Waals surface area contributed by atoms with Crippen molar-refractivity contribution in [1.29, 1.82) is 0 Å². The van der Waals surface area contributed by atoms with Crippen LogP contribution < -0.4 is 14.8 Å². The number of furan rings is 1. The van der Waals surface area contributed by atoms with Crippen LogP contribution in [0.4, 0.5) is 18.9 Å². The molecule has 0 bridgehead atoms. The van der Waals surface area contributed by atoms with Crippen LogP contribution in [0.15, 0.2) is 77.4 Å². The highest BCUT2D eigenvalue weighted by molar-refractivity contribution is 6.05. The second kappa shape index (κ2) is 10.2. The van der Waals surface area contributed by atoms with E-state index >= 15 is 0 Å². The van der Waals surface area contributed by atoms with Crippen molar-refractivity contribution in [3.8, 4) is 22.6 Å². The summed E-state index contributed by atoms with van der Waals surface area (Å²) < 4.78 is 55.3. The number of alkyl halides is 3. The Morgan fingerprint density at radius 2 is 1.83 bits per heavy atom. The van der Waals surface area contributed by atoms with Gasteiger partial charge in [-0.25, -0.2) is 0 Å². The summed E-state index contributed by atoms with van der Waals surface area (Å²) in [5, 5.41) is 3.43. The lowest BCUT2D eigenvalue weighted by atomic mass is 9.99. The third kappa shape index (κ3) is 5.38. The van der Waals surface area contributed by atoms with E-state index in [9.17, 15) is 18.0 Å². The standard InChI is InChI=1S/C28H24F3NO4/c1-4-35-25-15-26-23(24(16-36-26)18-6-5-7-21(13-18)34-3)14-22(25)17(2)12-27(33)32-20-10-8-19(9-11-20)28(29,30)31/h5-16H,4H2,1-3H3,(H,32,33)/b17-12+. The molecule has 1 N–H and O–H groups in total. The van der Waals surface area contributed by atoms with E-state index in [1.165, 1.54) is 18.2 Å². The number of methoxy groups -OCH3 is 1. The molecule has 0 saturated carbocycles. The van der Waals surface area contributed by atoms with Crippen molar-refractivity contribution in [2.45, 2.75) is 20.0 Å². The molecule has 4 rings (SSSR count). The van der Waals surface area contributed by atoms with Crippen LogP contribution in [0, 0.1) is 0 Å². The van der Waals surface area contributed by atoms with Crippen molar-refractivity contribution in [3.63, 3.8) is 0 Å². The number of nitrogens with one attached hydrogen (secondary N) is 1. The van der Waals surface area contributed by atoms with Crippen LogP contribution in [0.2, 0.25) is 0 Å². The van der Waals surface area contributed by atoms with Gasteiger partial charge in [0.1, 0.15) is 17.1 Å². The van der Waals surface area contributed by atoms with Crippen molar-refractivity contribution in [2.75, 3.05) is 19.0 Å². The highest BCUT2D eigenvalue weighted by Crippen LogP contribution is 2.38. The van der Waals surface area contributed by atoms with Gasteiger partial charge in [0.25, 0.3) is 0 Å². The summed E-state index contributed by atoms with van der Waals surface area (Å²) in [6, 6.07) is 15.5. The fourth-order valence-electron chi connectivity index (χ4n) is 3.85. The number of halogens is 3. The number of amides is 1. The quantitative estimate of drug-likeness (QED) is 0.269. The van der Waals surface area contributed by atoms with Gasteiger partial charge in [-0.3, -0.25) is 4.79 Å². The number of rotatable bonds is 7. The Kier molecular flexibility index (Phi) is 7.05. The highest BCUT2D eigenvalue weighted by Gasteiger charge is 2.30. The van der Waals surface area contributed by atoms with Crippen molar-refractivity contribution in [1.82, 2.24) is 0 Å². The molecule has 0 aliphatic heterocycles. The van der Waals surface area contributed by atoms with Gasteiger partial charge in [0.15, 0.2) is 0 Å². The molecule has 3 aromatic carbocycles. The zero-order chi connectivity index (χ0) is 25.9. The maximum absolute atomic E-state index is 12.8.